The van der Waals surface area contributed by atoms with Crippen LogP contribution in [-0.2, 0) is 101 Å². The lowest BCUT2D eigenvalue weighted by Gasteiger charge is -2.48. The Morgan fingerprint density at radius 3 is 1.30 bits per heavy atom. The lowest BCUT2D eigenvalue weighted by Crippen LogP contribution is -2.63. The molecule has 7 N–H and O–H groups in total. The van der Waals surface area contributed by atoms with Gasteiger partial charge in [-0.2, -0.15) is 12.6 Å². The van der Waals surface area contributed by atoms with E-state index in [1.807, 2.05) is 55.5 Å². The van der Waals surface area contributed by atoms with Crippen molar-refractivity contribution in [1.82, 2.24) is 0 Å². The summed E-state index contributed by atoms with van der Waals surface area (Å²) >= 11 is 22.6. The van der Waals surface area contributed by atoms with Crippen molar-refractivity contribution >= 4 is 151 Å². The molecule has 0 amide bonds. The van der Waals surface area contributed by atoms with Gasteiger partial charge in [0.05, 0.1) is 67.0 Å². The predicted molar refractivity (Wildman–Crippen MR) is 493 cm³/mol. The second-order valence-electron chi connectivity index (χ2n) is 32.2. The van der Waals surface area contributed by atoms with Crippen molar-refractivity contribution in [3.05, 3.63) is 143 Å². The fraction of sp³-hybridized carbons (Fsp3) is 0.600. The molecule has 27 nitrogen and oxygen atoms in total. The van der Waals surface area contributed by atoms with Crippen LogP contribution >= 0.6 is 95.9 Å². The summed E-state index contributed by atoms with van der Waals surface area (Å²) in [6.45, 7) is 29.2. The number of ether oxygens (including phenoxy) is 12. The number of thiol groups is 1. The summed E-state index contributed by atoms with van der Waals surface area (Å²) in [6, 6.07) is 27.6. The molecule has 24 atom stereocenters. The average molecular weight is 1890 g/mol. The van der Waals surface area contributed by atoms with Crippen molar-refractivity contribution in [2.45, 2.75) is 239 Å². The van der Waals surface area contributed by atoms with Gasteiger partial charge in [-0.15, -0.1) is 65.4 Å². The Hall–Kier alpha value is -5.46. The van der Waals surface area contributed by atoms with E-state index in [1.54, 1.807) is 93.0 Å². The van der Waals surface area contributed by atoms with Gasteiger partial charge in [0.25, 0.3) is 0 Å². The van der Waals surface area contributed by atoms with Crippen LogP contribution < -0.4 is 9.47 Å². The maximum absolute atomic E-state index is 14.0. The highest BCUT2D eigenvalue weighted by atomic mass is 32.2. The summed E-state index contributed by atoms with van der Waals surface area (Å²) in [5.74, 6) is 0.928. The summed E-state index contributed by atoms with van der Waals surface area (Å²) in [5.41, 5.74) is 1.84. The zero-order valence-corrected chi connectivity index (χ0v) is 79.6. The second kappa shape index (κ2) is 54.4. The minimum atomic E-state index is -1.68. The number of rotatable bonds is 40. The lowest BCUT2D eigenvalue weighted by atomic mass is 9.78. The van der Waals surface area contributed by atoms with Gasteiger partial charge in [0.2, 0.25) is 0 Å². The molecule has 4 aliphatic heterocycles. The van der Waals surface area contributed by atoms with E-state index in [1.165, 1.54) is 48.2 Å². The fourth-order valence-corrected chi connectivity index (χ4v) is 19.9. The summed E-state index contributed by atoms with van der Waals surface area (Å²) in [7, 11) is 0. The molecule has 35 heteroatoms. The summed E-state index contributed by atoms with van der Waals surface area (Å²) in [4.78, 5) is 102. The number of aliphatic hydroxyl groups excluding tert-OH is 7. The number of thiocarbonyl (C=S) groups is 2. The number of aldehydes is 2. The maximum atomic E-state index is 14.0. The first-order valence-corrected chi connectivity index (χ1v) is 48.3. The molecule has 0 saturated carbocycles. The standard InChI is InChI=1S/C47H66O10S4.C31H36O7S3.C12H22O10S/c1-11-39-31(6)29(4)33(8)43(55-39)57-44-34(9)30(5)32(7)40(56-44)26-59-27-53-45(51)47(10,21-28(3)42(50)54-38-19-17-35(23-48)18-20-38)22-41(49)52-24-36-15-13-14-16-37(36)25-61-46(58)60-12-2;1-5-7-16-36-29(35)31(4,17-22(3)28(34)38-26-14-12-23(19-32)13-15-26)18-27(33)37-20-24-10-8-9-11-25(24)21-41-30(39)40-6-2;13-1-3-5(14)7(16)9(18)11(20-3)22-12-10(19)8(17)6(15)4(2-23)21-12/h13-20,23,28-34,39-40,43-44H,11-12,21-22,24-27H2,1-10H3;5,8-15,19,22H,1,6-7,16-18,20-21H2,2-4H3;3-19,23H,1-2H2/t28?,29-,30-,31-,32-,33+,34+,39+,40?,43+,44+,47?;;3-,4?,5-,6-,7+,8+,9-,10-,11-,12-/m0.1/s1. The number of esters is 6. The zero-order valence-electron chi connectivity index (χ0n) is 73.0. The quantitative estimate of drug-likeness (QED) is 0.00236. The van der Waals surface area contributed by atoms with Crippen molar-refractivity contribution in [1.29, 1.82) is 0 Å². The molecule has 0 spiro atoms. The van der Waals surface area contributed by atoms with E-state index in [2.05, 4.69) is 74.6 Å². The predicted octanol–water partition coefficient (Wildman–Crippen LogP) is 13.3. The molecule has 0 aliphatic carbocycles. The lowest BCUT2D eigenvalue weighted by molar-refractivity contribution is -0.373. The SMILES string of the molecule is C=CCCOC(=O)C(C)(CC(=O)OCc1ccccc1CSC(=S)SCC)CC(C)C(=O)Oc1ccc(C=O)cc1.CCSC(=S)SCc1ccccc1COC(=O)CC(C)(CC(C)C(=O)Oc1ccc(C=O)cc1)C(=O)OCSCC1O[C@H](O[C@H]2O[C@H](CC)[C@@H](C)[C@H](C)[C@H]2C)[C@H](C)[C@@H](C)[C@@H]1C.OC[C@H]1O[C@H](O[C@H]2OC(CS)[C@@H](O)[C@H](O)[C@H]2O)[C@H](O)[C@@H](O)[C@@H]1O. The normalized spacial score (nSPS) is 27.3. The summed E-state index contributed by atoms with van der Waals surface area (Å²) in [6.07, 6.45) is -11.7. The molecular weight excluding hydrogens is 1770 g/mol. The summed E-state index contributed by atoms with van der Waals surface area (Å²) in [5, 5.41) is 67.7. The minimum Gasteiger partial charge on any atom is -0.465 e. The number of carbonyl (C=O) groups is 8. The Morgan fingerprint density at radius 2 is 0.896 bits per heavy atom. The molecular formula is C90H124O27S8. The van der Waals surface area contributed by atoms with Crippen molar-refractivity contribution in [2.24, 2.45) is 58.2 Å². The van der Waals surface area contributed by atoms with Crippen LogP contribution in [0.2, 0.25) is 0 Å². The third-order valence-corrected chi connectivity index (χ3v) is 29.3. The van der Waals surface area contributed by atoms with Gasteiger partial charge in [0, 0.05) is 46.0 Å². The number of hydrogen-bond acceptors (Lipinski definition) is 35. The Balaban J connectivity index is 0.000000322. The number of carbonyl (C=O) groups excluding carboxylic acids is 8. The topological polar surface area (TPSA) is 389 Å². The molecule has 694 valence electrons. The van der Waals surface area contributed by atoms with Gasteiger partial charge < -0.3 is 92.6 Å². The van der Waals surface area contributed by atoms with E-state index >= 15 is 0 Å². The molecule has 4 heterocycles. The van der Waals surface area contributed by atoms with Gasteiger partial charge in [-0.25, -0.2) is 0 Å². The molecule has 4 saturated heterocycles. The molecule has 8 rings (SSSR count). The van der Waals surface area contributed by atoms with Gasteiger partial charge >= 0.3 is 35.8 Å². The number of hydrogen-bond donors (Lipinski definition) is 8. The third kappa shape index (κ3) is 33.1. The van der Waals surface area contributed by atoms with E-state index in [9.17, 15) is 69.0 Å². The molecule has 4 aromatic carbocycles. The summed E-state index contributed by atoms with van der Waals surface area (Å²) < 4.78 is 70.7. The van der Waals surface area contributed by atoms with Crippen molar-refractivity contribution < 1.29 is 131 Å². The van der Waals surface area contributed by atoms with Crippen LogP contribution in [0.25, 0.3) is 0 Å². The van der Waals surface area contributed by atoms with Crippen molar-refractivity contribution in [2.75, 3.05) is 42.2 Å². The van der Waals surface area contributed by atoms with Gasteiger partial charge in [0.15, 0.2) is 25.2 Å². The minimum absolute atomic E-state index is 0.0000441. The first kappa shape index (κ1) is 108. The van der Waals surface area contributed by atoms with Crippen LogP contribution in [0.15, 0.2) is 110 Å². The molecule has 0 aromatic heterocycles. The maximum Gasteiger partial charge on any atom is 0.314 e. The largest absolute Gasteiger partial charge is 0.465 e. The molecule has 4 aliphatic rings. The van der Waals surface area contributed by atoms with Gasteiger partial charge in [-0.05, 0) is 145 Å². The molecule has 125 heavy (non-hydrogen) atoms. The fourth-order valence-electron chi connectivity index (χ4n) is 14.4. The molecule has 0 bridgehead atoms. The Kier molecular flexibility index (Phi) is 47.1. The highest BCUT2D eigenvalue weighted by Crippen LogP contribution is 2.43. The van der Waals surface area contributed by atoms with Gasteiger partial charge in [-0.1, -0.05) is 155 Å². The smallest absolute Gasteiger partial charge is 0.314 e. The van der Waals surface area contributed by atoms with Crippen LogP contribution in [0.5, 0.6) is 11.5 Å². The molecule has 4 aromatic rings. The van der Waals surface area contributed by atoms with Crippen LogP contribution in [0, 0.1) is 58.2 Å². The van der Waals surface area contributed by atoms with Crippen LogP contribution in [0.3, 0.4) is 0 Å². The Morgan fingerprint density at radius 1 is 0.504 bits per heavy atom. The van der Waals surface area contributed by atoms with Crippen LogP contribution in [-0.4, -0.2) is 220 Å². The molecule has 4 fully saturated rings. The highest BCUT2D eigenvalue weighted by molar-refractivity contribution is 8.47. The average Bonchev–Trinajstić information content (AvgIpc) is 0.791. The number of aliphatic hydroxyl groups is 7. The first-order valence-electron chi connectivity index (χ1n) is 41.8. The second-order valence-corrected chi connectivity index (χ2v) is 40.4. The van der Waals surface area contributed by atoms with E-state index in [0.29, 0.717) is 65.1 Å². The van der Waals surface area contributed by atoms with Crippen LogP contribution in [0.4, 0.5) is 0 Å². The van der Waals surface area contributed by atoms with Gasteiger partial charge in [0.1, 0.15) is 93.0 Å². The Bertz CT molecular complexity index is 4050. The van der Waals surface area contributed by atoms with Crippen molar-refractivity contribution in [3.63, 3.8) is 0 Å². The number of benzene rings is 4. The van der Waals surface area contributed by atoms with Crippen LogP contribution in [0.1, 0.15) is 172 Å². The number of thioether (sulfide) groups is 5. The van der Waals surface area contributed by atoms with Gasteiger partial charge in [-0.3, -0.25) is 38.4 Å². The Labute approximate surface area is 771 Å². The zero-order chi connectivity index (χ0) is 92.4. The van der Waals surface area contributed by atoms with E-state index in [-0.39, 0.29) is 105 Å². The third-order valence-electron chi connectivity index (χ3n) is 22.8. The highest BCUT2D eigenvalue weighted by Gasteiger charge is 2.51. The van der Waals surface area contributed by atoms with Crippen molar-refractivity contribution in [3.8, 4) is 11.5 Å². The van der Waals surface area contributed by atoms with E-state index < -0.39 is 133 Å². The monoisotopic (exact) mass is 1890 g/mol. The van der Waals surface area contributed by atoms with E-state index in [4.69, 9.17) is 86.4 Å². The molecule has 0 radical (unpaired) electrons. The molecule has 6 unspecified atom stereocenters. The van der Waals surface area contributed by atoms with E-state index in [0.717, 1.165) is 47.2 Å². The first-order chi connectivity index (χ1) is 59.4.